The van der Waals surface area contributed by atoms with Crippen molar-refractivity contribution >= 4 is 50.7 Å². The smallest absolute Gasteiger partial charge is 0.272 e. The zero-order valence-electron chi connectivity index (χ0n) is 11.2. The molecule has 2 aromatic rings. The van der Waals surface area contributed by atoms with Crippen molar-refractivity contribution in [2.45, 2.75) is 19.9 Å². The number of aromatic hydroxyl groups is 1. The maximum absolute atomic E-state index is 12.3. The van der Waals surface area contributed by atoms with Gasteiger partial charge < -0.3 is 15.0 Å². The van der Waals surface area contributed by atoms with Gasteiger partial charge in [-0.05, 0) is 40.5 Å². The van der Waals surface area contributed by atoms with Gasteiger partial charge in [0.15, 0.2) is 5.75 Å². The lowest BCUT2D eigenvalue weighted by Crippen LogP contribution is -2.16. The fourth-order valence-corrected chi connectivity index (χ4v) is 2.90. The van der Waals surface area contributed by atoms with Crippen LogP contribution in [0.3, 0.4) is 0 Å². The Morgan fingerprint density at radius 3 is 2.76 bits per heavy atom. The number of rotatable bonds is 4. The molecule has 0 fully saturated rings. The van der Waals surface area contributed by atoms with E-state index in [1.54, 1.807) is 6.07 Å². The van der Waals surface area contributed by atoms with Crippen molar-refractivity contribution in [1.82, 2.24) is 4.57 Å². The molecule has 0 aliphatic rings. The van der Waals surface area contributed by atoms with Crippen LogP contribution in [0.2, 0.25) is 10.0 Å². The van der Waals surface area contributed by atoms with Crippen LogP contribution in [0.4, 0.5) is 5.69 Å². The van der Waals surface area contributed by atoms with Crippen LogP contribution < -0.4 is 5.32 Å². The molecule has 0 bridgehead atoms. The van der Waals surface area contributed by atoms with E-state index in [-0.39, 0.29) is 22.4 Å². The third-order valence-electron chi connectivity index (χ3n) is 2.84. The average Bonchev–Trinajstić information content (AvgIpc) is 2.77. The van der Waals surface area contributed by atoms with E-state index in [2.05, 4.69) is 21.2 Å². The van der Waals surface area contributed by atoms with Crippen LogP contribution in [-0.4, -0.2) is 15.6 Å². The second kappa shape index (κ2) is 6.73. The number of hydrogen-bond donors (Lipinski definition) is 2. The second-order valence-electron chi connectivity index (χ2n) is 4.47. The number of phenolic OH excluding ortho intramolecular Hbond substituents is 1. The molecule has 0 saturated carbocycles. The third-order valence-corrected chi connectivity index (χ3v) is 3.78. The summed E-state index contributed by atoms with van der Waals surface area (Å²) in [5.74, 6) is -0.551. The van der Waals surface area contributed by atoms with E-state index < -0.39 is 0 Å². The first-order valence-electron chi connectivity index (χ1n) is 6.27. The molecule has 112 valence electrons. The molecule has 1 amide bonds. The molecule has 0 spiro atoms. The number of nitrogens with one attached hydrogen (secondary N) is 1. The minimum absolute atomic E-state index is 0.0860. The number of aryl methyl sites for hydroxylation is 1. The Labute approximate surface area is 140 Å². The van der Waals surface area contributed by atoms with Gasteiger partial charge in [0.1, 0.15) is 5.69 Å². The number of nitrogens with zero attached hydrogens (tertiary/aromatic N) is 1. The Kier molecular flexibility index (Phi) is 5.19. The van der Waals surface area contributed by atoms with Crippen molar-refractivity contribution in [3.05, 3.63) is 44.6 Å². The lowest BCUT2D eigenvalue weighted by molar-refractivity contribution is 0.101. The van der Waals surface area contributed by atoms with E-state index in [1.807, 2.05) is 17.7 Å². The molecule has 2 N–H and O–H groups in total. The minimum Gasteiger partial charge on any atom is -0.504 e. The van der Waals surface area contributed by atoms with Gasteiger partial charge in [0, 0.05) is 22.2 Å². The number of amides is 1. The number of carbonyl (C=O) groups excluding carboxylic acids is 1. The Morgan fingerprint density at radius 1 is 1.38 bits per heavy atom. The number of phenols is 1. The van der Waals surface area contributed by atoms with Crippen molar-refractivity contribution in [2.24, 2.45) is 0 Å². The second-order valence-corrected chi connectivity index (χ2v) is 6.23. The van der Waals surface area contributed by atoms with Crippen LogP contribution in [-0.2, 0) is 6.54 Å². The van der Waals surface area contributed by atoms with E-state index in [4.69, 9.17) is 23.2 Å². The summed E-state index contributed by atoms with van der Waals surface area (Å²) in [5, 5.41) is 12.9. The number of carbonyl (C=O) groups is 1. The van der Waals surface area contributed by atoms with Crippen molar-refractivity contribution in [3.63, 3.8) is 0 Å². The van der Waals surface area contributed by atoms with Crippen molar-refractivity contribution in [2.75, 3.05) is 5.32 Å². The maximum atomic E-state index is 12.3. The van der Waals surface area contributed by atoms with Gasteiger partial charge in [-0.1, -0.05) is 30.1 Å². The molecule has 21 heavy (non-hydrogen) atoms. The fraction of sp³-hybridized carbons (Fsp3) is 0.214. The van der Waals surface area contributed by atoms with Crippen molar-refractivity contribution in [3.8, 4) is 5.75 Å². The van der Waals surface area contributed by atoms with E-state index in [0.29, 0.717) is 10.7 Å². The van der Waals surface area contributed by atoms with Crippen LogP contribution in [0.15, 0.2) is 28.9 Å². The normalized spacial score (nSPS) is 10.7. The third kappa shape index (κ3) is 3.73. The van der Waals surface area contributed by atoms with Gasteiger partial charge in [-0.2, -0.15) is 0 Å². The van der Waals surface area contributed by atoms with Crippen molar-refractivity contribution < 1.29 is 9.90 Å². The average molecular weight is 392 g/mol. The van der Waals surface area contributed by atoms with Crippen molar-refractivity contribution in [1.29, 1.82) is 0 Å². The van der Waals surface area contributed by atoms with Gasteiger partial charge in [0.2, 0.25) is 0 Å². The Balaban J connectivity index is 2.30. The van der Waals surface area contributed by atoms with E-state index in [9.17, 15) is 9.90 Å². The summed E-state index contributed by atoms with van der Waals surface area (Å²) in [6.45, 7) is 2.74. The van der Waals surface area contributed by atoms with Gasteiger partial charge in [0.25, 0.3) is 5.91 Å². The number of anilines is 1. The quantitative estimate of drug-likeness (QED) is 0.726. The molecule has 1 aromatic heterocycles. The first kappa shape index (κ1) is 16.2. The molecular weight excluding hydrogens is 379 g/mol. The molecule has 4 nitrogen and oxygen atoms in total. The van der Waals surface area contributed by atoms with Gasteiger partial charge in [-0.3, -0.25) is 4.79 Å². The molecule has 7 heteroatoms. The summed E-state index contributed by atoms with van der Waals surface area (Å²) in [6.07, 6.45) is 2.73. The summed E-state index contributed by atoms with van der Waals surface area (Å²) >= 11 is 15.1. The molecule has 0 radical (unpaired) electrons. The van der Waals surface area contributed by atoms with Gasteiger partial charge in [-0.25, -0.2) is 0 Å². The van der Waals surface area contributed by atoms with Crippen LogP contribution in [0.1, 0.15) is 23.8 Å². The predicted octanol–water partition coefficient (Wildman–Crippen LogP) is 4.93. The molecular formula is C14H13BrCl2N2O2. The molecule has 2 rings (SSSR count). The zero-order chi connectivity index (χ0) is 15.6. The van der Waals surface area contributed by atoms with E-state index >= 15 is 0 Å². The standard InChI is InChI=1S/C14H13BrCl2N2O2/c1-2-3-19-7-8(15)4-12(19)14(21)18-11-6-9(16)5-10(17)13(11)20/h4-7,20H,2-3H2,1H3,(H,18,21). The molecule has 1 aromatic carbocycles. The first-order valence-corrected chi connectivity index (χ1v) is 7.82. The first-order chi connectivity index (χ1) is 9.92. The van der Waals surface area contributed by atoms with Crippen LogP contribution in [0, 0.1) is 0 Å². The number of aromatic nitrogens is 1. The van der Waals surface area contributed by atoms with Gasteiger partial charge in [-0.15, -0.1) is 0 Å². The van der Waals surface area contributed by atoms with Gasteiger partial charge >= 0.3 is 0 Å². The molecule has 1 heterocycles. The predicted molar refractivity (Wildman–Crippen MR) is 88.5 cm³/mol. The highest BCUT2D eigenvalue weighted by molar-refractivity contribution is 9.10. The monoisotopic (exact) mass is 390 g/mol. The van der Waals surface area contributed by atoms with Crippen LogP contribution >= 0.6 is 39.1 Å². The maximum Gasteiger partial charge on any atom is 0.272 e. The van der Waals surface area contributed by atoms with Gasteiger partial charge in [0.05, 0.1) is 10.7 Å². The lowest BCUT2D eigenvalue weighted by atomic mass is 10.2. The number of benzene rings is 1. The largest absolute Gasteiger partial charge is 0.504 e. The topological polar surface area (TPSA) is 54.3 Å². The summed E-state index contributed by atoms with van der Waals surface area (Å²) in [6, 6.07) is 4.57. The summed E-state index contributed by atoms with van der Waals surface area (Å²) < 4.78 is 2.65. The summed E-state index contributed by atoms with van der Waals surface area (Å²) in [4.78, 5) is 12.3. The van der Waals surface area contributed by atoms with E-state index in [1.165, 1.54) is 12.1 Å². The molecule has 0 aliphatic heterocycles. The highest BCUT2D eigenvalue weighted by Gasteiger charge is 2.16. The van der Waals surface area contributed by atoms with Crippen LogP contribution in [0.5, 0.6) is 5.75 Å². The number of halogens is 3. The van der Waals surface area contributed by atoms with Crippen LogP contribution in [0.25, 0.3) is 0 Å². The molecule has 0 aliphatic carbocycles. The highest BCUT2D eigenvalue weighted by Crippen LogP contribution is 2.35. The lowest BCUT2D eigenvalue weighted by Gasteiger charge is -2.11. The molecule has 0 atom stereocenters. The number of hydrogen-bond acceptors (Lipinski definition) is 2. The summed E-state index contributed by atoms with van der Waals surface area (Å²) in [5.41, 5.74) is 0.664. The molecule has 0 unspecified atom stereocenters. The summed E-state index contributed by atoms with van der Waals surface area (Å²) in [7, 11) is 0. The van der Waals surface area contributed by atoms with E-state index in [0.717, 1.165) is 17.4 Å². The minimum atomic E-state index is -0.345. The highest BCUT2D eigenvalue weighted by atomic mass is 79.9. The molecule has 0 saturated heterocycles. The Morgan fingerprint density at radius 2 is 2.10 bits per heavy atom. The Bertz CT molecular complexity index is 686. The SMILES string of the molecule is CCCn1cc(Br)cc1C(=O)Nc1cc(Cl)cc(Cl)c1O. The zero-order valence-corrected chi connectivity index (χ0v) is 14.3. The fourth-order valence-electron chi connectivity index (χ4n) is 1.94. The Hall–Kier alpha value is -1.17.